The first-order valence-corrected chi connectivity index (χ1v) is 8.64. The number of pyridine rings is 1. The normalized spacial score (nSPS) is 15.9. The molecule has 3 rings (SSSR count). The van der Waals surface area contributed by atoms with Gasteiger partial charge in [0, 0.05) is 36.0 Å². The fraction of sp³-hybridized carbons (Fsp3) is 0.316. The Morgan fingerprint density at radius 3 is 2.71 bits per heavy atom. The number of guanidine groups is 1. The smallest absolute Gasteiger partial charge is 0.411 e. The van der Waals surface area contributed by atoms with Crippen LogP contribution in [0.3, 0.4) is 0 Å². The van der Waals surface area contributed by atoms with Crippen molar-refractivity contribution in [1.82, 2.24) is 10.3 Å². The molecule has 2 aromatic rings. The molecule has 1 amide bonds. The van der Waals surface area contributed by atoms with Crippen LogP contribution in [0.4, 0.5) is 19.4 Å². The van der Waals surface area contributed by atoms with Crippen LogP contribution < -0.4 is 16.0 Å². The summed E-state index contributed by atoms with van der Waals surface area (Å²) in [5.41, 5.74) is 6.21. The minimum Gasteiger partial charge on any atom is -0.465 e. The molecule has 0 atom stereocenters. The Kier molecular flexibility index (Phi) is 5.17. The minimum atomic E-state index is -1.36. The molecule has 4 N–H and O–H groups in total. The van der Waals surface area contributed by atoms with E-state index in [1.54, 1.807) is 6.07 Å². The molecule has 0 spiro atoms. The lowest BCUT2D eigenvalue weighted by atomic mass is 9.84. The quantitative estimate of drug-likeness (QED) is 0.551. The van der Waals surface area contributed by atoms with Crippen molar-refractivity contribution >= 4 is 17.9 Å². The summed E-state index contributed by atoms with van der Waals surface area (Å²) in [6.45, 7) is 5.45. The third-order valence-corrected chi connectivity index (χ3v) is 4.40. The second kappa shape index (κ2) is 7.41. The zero-order chi connectivity index (χ0) is 20.5. The third-order valence-electron chi connectivity index (χ3n) is 4.40. The minimum absolute atomic E-state index is 0.130. The number of halogens is 2. The molecule has 9 heteroatoms. The fourth-order valence-corrected chi connectivity index (χ4v) is 3.19. The molecule has 28 heavy (non-hydrogen) atoms. The van der Waals surface area contributed by atoms with Gasteiger partial charge in [0.05, 0.1) is 6.54 Å². The van der Waals surface area contributed by atoms with Crippen LogP contribution in [0.25, 0.3) is 11.1 Å². The monoisotopic (exact) mass is 389 g/mol. The first-order valence-electron chi connectivity index (χ1n) is 8.64. The number of aliphatic imine (C=N–C) groups is 1. The van der Waals surface area contributed by atoms with Gasteiger partial charge in [0.15, 0.2) is 17.6 Å². The van der Waals surface area contributed by atoms with E-state index in [0.29, 0.717) is 18.7 Å². The van der Waals surface area contributed by atoms with Crippen LogP contribution in [0.1, 0.15) is 19.4 Å². The highest BCUT2D eigenvalue weighted by Gasteiger charge is 2.36. The van der Waals surface area contributed by atoms with E-state index in [1.165, 1.54) is 24.4 Å². The number of rotatable bonds is 4. The number of benzene rings is 1. The lowest BCUT2D eigenvalue weighted by Crippen LogP contribution is -2.53. The van der Waals surface area contributed by atoms with Gasteiger partial charge < -0.3 is 15.7 Å². The topological polar surface area (TPSA) is 104 Å². The number of anilines is 1. The zero-order valence-corrected chi connectivity index (χ0v) is 15.5. The van der Waals surface area contributed by atoms with Crippen molar-refractivity contribution in [3.05, 3.63) is 47.7 Å². The number of carbonyl (C=O) groups is 1. The maximum absolute atomic E-state index is 14.8. The van der Waals surface area contributed by atoms with Crippen molar-refractivity contribution in [3.8, 4) is 11.1 Å². The predicted molar refractivity (Wildman–Crippen MR) is 102 cm³/mol. The van der Waals surface area contributed by atoms with Gasteiger partial charge in [-0.3, -0.25) is 5.32 Å². The number of nitrogens with one attached hydrogen (secondary N) is 1. The van der Waals surface area contributed by atoms with Crippen molar-refractivity contribution in [1.29, 1.82) is 0 Å². The summed E-state index contributed by atoms with van der Waals surface area (Å²) in [5.74, 6) is -1.18. The molecule has 0 aliphatic carbocycles. The molecule has 0 radical (unpaired) electrons. The third kappa shape index (κ3) is 4.19. The molecule has 1 fully saturated rings. The Balaban J connectivity index is 1.82. The van der Waals surface area contributed by atoms with Gasteiger partial charge in [-0.2, -0.15) is 0 Å². The number of hydrogen-bond donors (Lipinski definition) is 3. The molecule has 1 saturated heterocycles. The van der Waals surface area contributed by atoms with Crippen LogP contribution in [0.15, 0.2) is 35.5 Å². The van der Waals surface area contributed by atoms with E-state index in [-0.39, 0.29) is 34.9 Å². The van der Waals surface area contributed by atoms with Crippen LogP contribution in [0.2, 0.25) is 0 Å². The zero-order valence-electron chi connectivity index (χ0n) is 15.5. The van der Waals surface area contributed by atoms with Gasteiger partial charge in [0.2, 0.25) is 0 Å². The highest BCUT2D eigenvalue weighted by atomic mass is 19.1. The highest BCUT2D eigenvalue weighted by molar-refractivity contribution is 5.92. The van der Waals surface area contributed by atoms with Gasteiger partial charge in [-0.05, 0) is 11.5 Å². The summed E-state index contributed by atoms with van der Waals surface area (Å²) in [5, 5.41) is 10.5. The Morgan fingerprint density at radius 2 is 2.11 bits per heavy atom. The molecule has 0 saturated carbocycles. The Hall–Kier alpha value is -3.23. The lowest BCUT2D eigenvalue weighted by molar-refractivity contribution is 0.200. The summed E-state index contributed by atoms with van der Waals surface area (Å²) < 4.78 is 29.4. The Bertz CT molecular complexity index is 938. The van der Waals surface area contributed by atoms with E-state index >= 15 is 0 Å². The molecular formula is C19H21F2N5O2. The van der Waals surface area contributed by atoms with Crippen LogP contribution in [0.5, 0.6) is 0 Å². The molecule has 0 bridgehead atoms. The summed E-state index contributed by atoms with van der Waals surface area (Å²) in [4.78, 5) is 20.3. The van der Waals surface area contributed by atoms with E-state index < -0.39 is 17.7 Å². The second-order valence-electron chi connectivity index (χ2n) is 7.46. The molecular weight excluding hydrogens is 368 g/mol. The van der Waals surface area contributed by atoms with Gasteiger partial charge in [-0.25, -0.2) is 23.6 Å². The molecule has 0 unspecified atom stereocenters. The average molecular weight is 389 g/mol. The van der Waals surface area contributed by atoms with E-state index in [2.05, 4.69) is 23.8 Å². The summed E-state index contributed by atoms with van der Waals surface area (Å²) in [6, 6.07) is 5.88. The standard InChI is InChI=1S/C19H21F2N5O2/c1-19(2)9-26(10-19)16-14(20)6-12(8-23-16)13-5-3-4-11(15(13)21)7-24-17(22)25-18(27)28/h3-6,8H,7,9-10H2,1-2H3,(H,27,28)(H3,22,24,25). The average Bonchev–Trinajstić information content (AvgIpc) is 2.58. The number of hydrogen-bond acceptors (Lipinski definition) is 4. The predicted octanol–water partition coefficient (Wildman–Crippen LogP) is 2.96. The van der Waals surface area contributed by atoms with Gasteiger partial charge in [-0.1, -0.05) is 32.0 Å². The van der Waals surface area contributed by atoms with Crippen molar-refractivity contribution in [3.63, 3.8) is 0 Å². The number of aromatic nitrogens is 1. The molecule has 1 aliphatic heterocycles. The first-order chi connectivity index (χ1) is 13.2. The van der Waals surface area contributed by atoms with E-state index in [9.17, 15) is 13.6 Å². The largest absolute Gasteiger partial charge is 0.465 e. The van der Waals surface area contributed by atoms with Crippen molar-refractivity contribution in [2.45, 2.75) is 20.4 Å². The van der Waals surface area contributed by atoms with Crippen LogP contribution in [0, 0.1) is 17.0 Å². The second-order valence-corrected chi connectivity index (χ2v) is 7.46. The fourth-order valence-electron chi connectivity index (χ4n) is 3.19. The molecule has 7 nitrogen and oxygen atoms in total. The highest BCUT2D eigenvalue weighted by Crippen LogP contribution is 2.35. The van der Waals surface area contributed by atoms with E-state index in [1.807, 2.05) is 10.2 Å². The number of nitrogens with two attached hydrogens (primary N) is 1. The van der Waals surface area contributed by atoms with Gasteiger partial charge in [0.25, 0.3) is 0 Å². The van der Waals surface area contributed by atoms with Gasteiger partial charge in [0.1, 0.15) is 5.82 Å². The summed E-state index contributed by atoms with van der Waals surface area (Å²) in [6.07, 6.45) is 0.0814. The van der Waals surface area contributed by atoms with Crippen LogP contribution >= 0.6 is 0 Å². The SMILES string of the molecule is CC1(C)CN(c2ncc(-c3cccc(CN=C(N)NC(=O)O)c3F)cc2F)C1. The summed E-state index contributed by atoms with van der Waals surface area (Å²) in [7, 11) is 0. The van der Waals surface area contributed by atoms with E-state index in [4.69, 9.17) is 10.8 Å². The van der Waals surface area contributed by atoms with E-state index in [0.717, 1.165) is 0 Å². The van der Waals surface area contributed by atoms with Crippen molar-refractivity contribution < 1.29 is 18.7 Å². The molecule has 1 aromatic carbocycles. The maximum Gasteiger partial charge on any atom is 0.411 e. The Morgan fingerprint density at radius 1 is 1.39 bits per heavy atom. The molecule has 1 aliphatic rings. The number of nitrogens with zero attached hydrogens (tertiary/aromatic N) is 3. The van der Waals surface area contributed by atoms with Gasteiger partial charge in [-0.15, -0.1) is 0 Å². The first kappa shape index (κ1) is 19.5. The van der Waals surface area contributed by atoms with Crippen molar-refractivity contribution in [2.75, 3.05) is 18.0 Å². The molecule has 1 aromatic heterocycles. The van der Waals surface area contributed by atoms with Crippen molar-refractivity contribution in [2.24, 2.45) is 16.1 Å². The number of carboxylic acid groups (broad SMARTS) is 1. The van der Waals surface area contributed by atoms with Crippen LogP contribution in [-0.2, 0) is 6.54 Å². The maximum atomic E-state index is 14.8. The van der Waals surface area contributed by atoms with Crippen LogP contribution in [-0.4, -0.2) is 35.2 Å². The molecule has 2 heterocycles. The Labute approximate surface area is 160 Å². The summed E-state index contributed by atoms with van der Waals surface area (Å²) >= 11 is 0. The molecule has 148 valence electrons. The number of amides is 1. The lowest BCUT2D eigenvalue weighted by Gasteiger charge is -2.46. The van der Waals surface area contributed by atoms with Gasteiger partial charge >= 0.3 is 6.09 Å².